The van der Waals surface area contributed by atoms with Crippen molar-refractivity contribution in [2.45, 2.75) is 13.5 Å². The maximum atomic E-state index is 12.5. The molecule has 3 rings (SSSR count). The Morgan fingerprint density at radius 2 is 2.07 bits per heavy atom. The lowest BCUT2D eigenvalue weighted by Gasteiger charge is -2.19. The minimum absolute atomic E-state index is 0.139. The summed E-state index contributed by atoms with van der Waals surface area (Å²) in [6, 6.07) is 12.6. The number of ether oxygens (including phenoxy) is 1. The molecule has 0 aliphatic carbocycles. The van der Waals surface area contributed by atoms with Gasteiger partial charge in [-0.05, 0) is 30.3 Å². The summed E-state index contributed by atoms with van der Waals surface area (Å²) in [6.45, 7) is 1.99. The van der Waals surface area contributed by atoms with Gasteiger partial charge < -0.3 is 19.1 Å². The number of carboxylic acids is 1. The second-order valence-electron chi connectivity index (χ2n) is 6.44. The number of fused-ring (bicyclic) bond motifs is 1. The average molecular weight is 367 g/mol. The molecule has 0 bridgehead atoms. The monoisotopic (exact) mass is 367 g/mol. The van der Waals surface area contributed by atoms with Crippen LogP contribution in [0.3, 0.4) is 0 Å². The number of benzene rings is 1. The lowest BCUT2D eigenvalue weighted by molar-refractivity contribution is -0.141. The SMILES string of the molecule is CC(CN(C)C(=O)c1cccc(OCc2cn3ccccc3n2)c1)C(=O)O. The highest BCUT2D eigenvalue weighted by atomic mass is 16.5. The van der Waals surface area contributed by atoms with E-state index in [1.54, 1.807) is 38.2 Å². The molecule has 27 heavy (non-hydrogen) atoms. The largest absolute Gasteiger partial charge is 0.487 e. The summed E-state index contributed by atoms with van der Waals surface area (Å²) < 4.78 is 7.68. The summed E-state index contributed by atoms with van der Waals surface area (Å²) in [5.74, 6) is -1.26. The summed E-state index contributed by atoms with van der Waals surface area (Å²) >= 11 is 0. The third-order valence-corrected chi connectivity index (χ3v) is 4.20. The molecular weight excluding hydrogens is 346 g/mol. The van der Waals surface area contributed by atoms with Crippen LogP contribution in [-0.4, -0.2) is 44.9 Å². The fourth-order valence-corrected chi connectivity index (χ4v) is 2.73. The highest BCUT2D eigenvalue weighted by Crippen LogP contribution is 2.17. The van der Waals surface area contributed by atoms with Crippen LogP contribution in [0.5, 0.6) is 5.75 Å². The summed E-state index contributed by atoms with van der Waals surface area (Å²) in [5.41, 5.74) is 2.07. The van der Waals surface area contributed by atoms with Gasteiger partial charge in [0.15, 0.2) is 0 Å². The first-order valence-corrected chi connectivity index (χ1v) is 8.58. The van der Waals surface area contributed by atoms with Crippen molar-refractivity contribution in [2.24, 2.45) is 5.92 Å². The van der Waals surface area contributed by atoms with Gasteiger partial charge in [-0.3, -0.25) is 9.59 Å². The molecule has 1 N–H and O–H groups in total. The molecule has 1 unspecified atom stereocenters. The van der Waals surface area contributed by atoms with E-state index in [-0.39, 0.29) is 19.1 Å². The van der Waals surface area contributed by atoms with Crippen molar-refractivity contribution in [3.8, 4) is 5.75 Å². The molecule has 7 nitrogen and oxygen atoms in total. The molecule has 2 heterocycles. The number of aliphatic carboxylic acids is 1. The molecule has 1 atom stereocenters. The van der Waals surface area contributed by atoms with Crippen molar-refractivity contribution >= 4 is 17.5 Å². The lowest BCUT2D eigenvalue weighted by atomic mass is 10.1. The molecule has 7 heteroatoms. The van der Waals surface area contributed by atoms with Gasteiger partial charge in [0.2, 0.25) is 0 Å². The number of amides is 1. The molecular formula is C20H21N3O4. The van der Waals surface area contributed by atoms with Crippen molar-refractivity contribution in [3.05, 3.63) is 66.1 Å². The first-order valence-electron chi connectivity index (χ1n) is 8.58. The van der Waals surface area contributed by atoms with Crippen LogP contribution in [-0.2, 0) is 11.4 Å². The van der Waals surface area contributed by atoms with Gasteiger partial charge in [-0.2, -0.15) is 0 Å². The Morgan fingerprint density at radius 1 is 1.26 bits per heavy atom. The average Bonchev–Trinajstić information content (AvgIpc) is 3.08. The van der Waals surface area contributed by atoms with Gasteiger partial charge >= 0.3 is 5.97 Å². The molecule has 0 fully saturated rings. The van der Waals surface area contributed by atoms with Crippen molar-refractivity contribution in [2.75, 3.05) is 13.6 Å². The van der Waals surface area contributed by atoms with E-state index in [1.807, 2.05) is 35.0 Å². The smallest absolute Gasteiger partial charge is 0.308 e. The van der Waals surface area contributed by atoms with Crippen molar-refractivity contribution in [3.63, 3.8) is 0 Å². The Labute approximate surface area is 156 Å². The van der Waals surface area contributed by atoms with Crippen LogP contribution >= 0.6 is 0 Å². The number of imidazole rings is 1. The van der Waals surface area contributed by atoms with E-state index in [0.29, 0.717) is 11.3 Å². The Morgan fingerprint density at radius 3 is 2.81 bits per heavy atom. The fraction of sp³-hybridized carbons (Fsp3) is 0.250. The second-order valence-corrected chi connectivity index (χ2v) is 6.44. The lowest BCUT2D eigenvalue weighted by Crippen LogP contribution is -2.33. The first kappa shape index (κ1) is 18.4. The van der Waals surface area contributed by atoms with Gasteiger partial charge in [0.1, 0.15) is 18.0 Å². The number of carbonyl (C=O) groups excluding carboxylic acids is 1. The molecule has 0 aliphatic rings. The van der Waals surface area contributed by atoms with Gasteiger partial charge in [-0.1, -0.05) is 19.1 Å². The van der Waals surface area contributed by atoms with E-state index >= 15 is 0 Å². The third kappa shape index (κ3) is 4.44. The Bertz CT molecular complexity index is 934. The van der Waals surface area contributed by atoms with E-state index in [4.69, 9.17) is 9.84 Å². The third-order valence-electron chi connectivity index (χ3n) is 4.20. The number of hydrogen-bond acceptors (Lipinski definition) is 4. The fourth-order valence-electron chi connectivity index (χ4n) is 2.73. The molecule has 1 amide bonds. The van der Waals surface area contributed by atoms with Gasteiger partial charge in [-0.15, -0.1) is 0 Å². The van der Waals surface area contributed by atoms with E-state index in [0.717, 1.165) is 11.3 Å². The molecule has 0 radical (unpaired) electrons. The summed E-state index contributed by atoms with van der Waals surface area (Å²) in [5, 5.41) is 8.99. The molecule has 2 aromatic heterocycles. The van der Waals surface area contributed by atoms with Crippen LogP contribution in [0.2, 0.25) is 0 Å². The van der Waals surface area contributed by atoms with Crippen molar-refractivity contribution in [1.82, 2.24) is 14.3 Å². The number of nitrogens with zero attached hydrogens (tertiary/aromatic N) is 3. The van der Waals surface area contributed by atoms with Gasteiger partial charge in [-0.25, -0.2) is 4.98 Å². The molecule has 0 spiro atoms. The number of rotatable bonds is 7. The number of carboxylic acid groups (broad SMARTS) is 1. The summed E-state index contributed by atoms with van der Waals surface area (Å²) in [7, 11) is 1.59. The normalized spacial score (nSPS) is 11.9. The van der Waals surface area contributed by atoms with Crippen molar-refractivity contribution in [1.29, 1.82) is 0 Å². The predicted molar refractivity (Wildman–Crippen MR) is 99.7 cm³/mol. The van der Waals surface area contributed by atoms with E-state index in [9.17, 15) is 9.59 Å². The highest BCUT2D eigenvalue weighted by molar-refractivity contribution is 5.94. The minimum Gasteiger partial charge on any atom is -0.487 e. The standard InChI is InChI=1S/C20H21N3O4/c1-14(20(25)26)11-22(2)19(24)15-6-5-7-17(10-15)27-13-16-12-23-9-4-3-8-18(23)21-16/h3-10,12,14H,11,13H2,1-2H3,(H,25,26). The van der Waals surface area contributed by atoms with Crippen LogP contribution in [0.15, 0.2) is 54.9 Å². The van der Waals surface area contributed by atoms with Gasteiger partial charge in [0, 0.05) is 31.5 Å². The first-order chi connectivity index (χ1) is 12.9. The zero-order chi connectivity index (χ0) is 19.4. The highest BCUT2D eigenvalue weighted by Gasteiger charge is 2.19. The van der Waals surface area contributed by atoms with Crippen LogP contribution in [0, 0.1) is 5.92 Å². The topological polar surface area (TPSA) is 84.1 Å². The van der Waals surface area contributed by atoms with Gasteiger partial charge in [0.25, 0.3) is 5.91 Å². The molecule has 3 aromatic rings. The number of hydrogen-bond donors (Lipinski definition) is 1. The zero-order valence-corrected chi connectivity index (χ0v) is 15.2. The molecule has 1 aromatic carbocycles. The van der Waals surface area contributed by atoms with Crippen LogP contribution in [0.1, 0.15) is 23.0 Å². The van der Waals surface area contributed by atoms with E-state index in [1.165, 1.54) is 4.90 Å². The molecule has 0 aliphatic heterocycles. The number of pyridine rings is 1. The van der Waals surface area contributed by atoms with Crippen LogP contribution in [0.25, 0.3) is 5.65 Å². The number of aromatic nitrogens is 2. The van der Waals surface area contributed by atoms with E-state index in [2.05, 4.69) is 4.98 Å². The Hall–Kier alpha value is -3.35. The molecule has 0 saturated carbocycles. The van der Waals surface area contributed by atoms with Crippen molar-refractivity contribution < 1.29 is 19.4 Å². The second kappa shape index (κ2) is 7.90. The maximum Gasteiger partial charge on any atom is 0.308 e. The minimum atomic E-state index is -0.931. The van der Waals surface area contributed by atoms with E-state index < -0.39 is 11.9 Å². The van der Waals surface area contributed by atoms with Gasteiger partial charge in [0.05, 0.1) is 11.6 Å². The Kier molecular flexibility index (Phi) is 5.40. The maximum absolute atomic E-state index is 12.5. The van der Waals surface area contributed by atoms with Crippen LogP contribution < -0.4 is 4.74 Å². The summed E-state index contributed by atoms with van der Waals surface area (Å²) in [6.07, 6.45) is 3.81. The zero-order valence-electron chi connectivity index (χ0n) is 15.2. The quantitative estimate of drug-likeness (QED) is 0.694. The molecule has 140 valence electrons. The Balaban J connectivity index is 1.66. The predicted octanol–water partition coefficient (Wildman–Crippen LogP) is 2.71. The molecule has 0 saturated heterocycles. The summed E-state index contributed by atoms with van der Waals surface area (Å²) in [4.78, 5) is 29.3. The number of carbonyl (C=O) groups is 2. The van der Waals surface area contributed by atoms with Crippen LogP contribution in [0.4, 0.5) is 0 Å².